The molecule has 0 atom stereocenters. The lowest BCUT2D eigenvalue weighted by Gasteiger charge is -2.20. The summed E-state index contributed by atoms with van der Waals surface area (Å²) in [4.78, 5) is 2.29. The van der Waals surface area contributed by atoms with Crippen molar-refractivity contribution < 1.29 is 0 Å². The molecule has 6 N–H and O–H groups in total. The third-order valence-corrected chi connectivity index (χ3v) is 2.96. The van der Waals surface area contributed by atoms with Gasteiger partial charge in [0.15, 0.2) is 0 Å². The second-order valence-electron chi connectivity index (χ2n) is 4.43. The van der Waals surface area contributed by atoms with Crippen LogP contribution in [0.1, 0.15) is 13.8 Å². The van der Waals surface area contributed by atoms with E-state index in [1.165, 1.54) is 5.69 Å². The van der Waals surface area contributed by atoms with Crippen molar-refractivity contribution >= 4 is 22.7 Å². The van der Waals surface area contributed by atoms with E-state index < -0.39 is 0 Å². The Morgan fingerprint density at radius 3 is 1.25 bits per heavy atom. The van der Waals surface area contributed by atoms with Gasteiger partial charge >= 0.3 is 0 Å². The Hall–Kier alpha value is -2.36. The van der Waals surface area contributed by atoms with Crippen LogP contribution in [0.3, 0.4) is 0 Å². The summed E-state index contributed by atoms with van der Waals surface area (Å²) < 4.78 is 0. The number of hydrogen-bond acceptors (Lipinski definition) is 4. The van der Waals surface area contributed by atoms with E-state index in [1.807, 2.05) is 12.1 Å². The number of benzene rings is 2. The van der Waals surface area contributed by atoms with Gasteiger partial charge < -0.3 is 22.1 Å². The fraction of sp³-hybridized carbons (Fsp3) is 0.250. The van der Waals surface area contributed by atoms with Gasteiger partial charge in [0.25, 0.3) is 0 Å². The van der Waals surface area contributed by atoms with Gasteiger partial charge in [-0.05, 0) is 62.4 Å². The lowest BCUT2D eigenvalue weighted by molar-refractivity contribution is 0.866. The predicted molar refractivity (Wildman–Crippen MR) is 89.7 cm³/mol. The molecule has 0 aliphatic carbocycles. The van der Waals surface area contributed by atoms with E-state index in [0.717, 1.165) is 30.2 Å². The number of hydrogen-bond donors (Lipinski definition) is 3. The highest BCUT2D eigenvalue weighted by molar-refractivity contribution is 5.52. The van der Waals surface area contributed by atoms with Gasteiger partial charge in [0, 0.05) is 35.8 Å². The lowest BCUT2D eigenvalue weighted by Crippen LogP contribution is -2.21. The molecule has 0 saturated heterocycles. The molecule has 2 rings (SSSR count). The minimum atomic E-state index is 0.749. The van der Waals surface area contributed by atoms with E-state index in [4.69, 9.17) is 17.2 Å². The monoisotopic (exact) mass is 272 g/mol. The summed E-state index contributed by atoms with van der Waals surface area (Å²) in [6.07, 6.45) is 0. The first-order chi connectivity index (χ1) is 9.56. The van der Waals surface area contributed by atoms with Crippen molar-refractivity contribution in [2.24, 2.45) is 0 Å². The predicted octanol–water partition coefficient (Wildman–Crippen LogP) is 2.97. The molecule has 0 amide bonds. The Labute approximate surface area is 121 Å². The Morgan fingerprint density at radius 1 is 0.650 bits per heavy atom. The van der Waals surface area contributed by atoms with Crippen LogP contribution in [0.15, 0.2) is 48.5 Å². The van der Waals surface area contributed by atoms with E-state index in [-0.39, 0.29) is 0 Å². The molecule has 0 bridgehead atoms. The highest BCUT2D eigenvalue weighted by atomic mass is 15.1. The third kappa shape index (κ3) is 5.10. The van der Waals surface area contributed by atoms with E-state index >= 15 is 0 Å². The third-order valence-electron chi connectivity index (χ3n) is 2.96. The van der Waals surface area contributed by atoms with Gasteiger partial charge in [0.1, 0.15) is 0 Å². The molecule has 0 radical (unpaired) electrons. The lowest BCUT2D eigenvalue weighted by atomic mass is 10.2. The largest absolute Gasteiger partial charge is 0.399 e. The summed E-state index contributed by atoms with van der Waals surface area (Å²) in [5.41, 5.74) is 19.9. The maximum Gasteiger partial charge on any atom is 0.0367 e. The Bertz CT molecular complexity index is 466. The second kappa shape index (κ2) is 7.94. The normalized spacial score (nSPS) is 9.50. The van der Waals surface area contributed by atoms with Crippen molar-refractivity contribution in [2.75, 3.05) is 35.2 Å². The zero-order chi connectivity index (χ0) is 15.0. The summed E-state index contributed by atoms with van der Waals surface area (Å²) in [7, 11) is 0. The Morgan fingerprint density at radius 2 is 0.950 bits per heavy atom. The molecule has 0 heterocycles. The summed E-state index contributed by atoms with van der Waals surface area (Å²) in [6.45, 7) is 6.39. The molecule has 0 fully saturated rings. The quantitative estimate of drug-likeness (QED) is 0.750. The van der Waals surface area contributed by atoms with Gasteiger partial charge in [-0.25, -0.2) is 0 Å². The van der Waals surface area contributed by atoms with Gasteiger partial charge in [-0.15, -0.1) is 0 Å². The van der Waals surface area contributed by atoms with Crippen molar-refractivity contribution in [2.45, 2.75) is 13.8 Å². The van der Waals surface area contributed by atoms with E-state index in [2.05, 4.69) is 30.9 Å². The van der Waals surface area contributed by atoms with Crippen molar-refractivity contribution in [3.05, 3.63) is 48.5 Å². The van der Waals surface area contributed by atoms with Crippen LogP contribution in [0.25, 0.3) is 0 Å². The van der Waals surface area contributed by atoms with E-state index in [9.17, 15) is 0 Å². The average Bonchev–Trinajstić information content (AvgIpc) is 2.46. The first-order valence-electron chi connectivity index (χ1n) is 6.78. The zero-order valence-corrected chi connectivity index (χ0v) is 12.2. The van der Waals surface area contributed by atoms with Gasteiger partial charge in [0.05, 0.1) is 0 Å². The van der Waals surface area contributed by atoms with Crippen LogP contribution in [-0.4, -0.2) is 13.1 Å². The van der Waals surface area contributed by atoms with Crippen LogP contribution < -0.4 is 22.1 Å². The van der Waals surface area contributed by atoms with Crippen LogP contribution >= 0.6 is 0 Å². The standard InChI is InChI=1S/C10H16N2.C6H8N2/c1-3-12(4-2)10-7-5-9(11)6-8-10;7-5-1-2-6(8)4-3-5/h5-8H,3-4,11H2,1-2H3;1-4H,7-8H2. The topological polar surface area (TPSA) is 81.3 Å². The smallest absolute Gasteiger partial charge is 0.0367 e. The molecule has 2 aromatic carbocycles. The van der Waals surface area contributed by atoms with E-state index in [1.54, 1.807) is 24.3 Å². The number of nitrogens with two attached hydrogens (primary N) is 3. The molecule has 0 saturated carbocycles. The first-order valence-corrected chi connectivity index (χ1v) is 6.78. The molecular formula is C16H24N4. The molecule has 108 valence electrons. The molecule has 4 nitrogen and oxygen atoms in total. The Balaban J connectivity index is 0.000000217. The van der Waals surface area contributed by atoms with Gasteiger partial charge in [-0.2, -0.15) is 0 Å². The molecular weight excluding hydrogens is 248 g/mol. The van der Waals surface area contributed by atoms with Gasteiger partial charge in [0.2, 0.25) is 0 Å². The number of anilines is 4. The molecule has 0 aromatic heterocycles. The number of nitrogen functional groups attached to an aromatic ring is 3. The molecule has 2 aromatic rings. The van der Waals surface area contributed by atoms with Gasteiger partial charge in [-0.3, -0.25) is 0 Å². The molecule has 4 heteroatoms. The zero-order valence-electron chi connectivity index (χ0n) is 12.2. The number of rotatable bonds is 3. The molecule has 0 spiro atoms. The number of nitrogens with zero attached hydrogens (tertiary/aromatic N) is 1. The highest BCUT2D eigenvalue weighted by Gasteiger charge is 1.99. The Kier molecular flexibility index (Phi) is 6.23. The maximum atomic E-state index is 5.59. The first kappa shape index (κ1) is 15.7. The van der Waals surface area contributed by atoms with Gasteiger partial charge in [-0.1, -0.05) is 0 Å². The van der Waals surface area contributed by atoms with Crippen LogP contribution in [-0.2, 0) is 0 Å². The SMILES string of the molecule is CCN(CC)c1ccc(N)cc1.Nc1ccc(N)cc1. The van der Waals surface area contributed by atoms with Crippen LogP contribution in [0, 0.1) is 0 Å². The molecule has 0 unspecified atom stereocenters. The second-order valence-corrected chi connectivity index (χ2v) is 4.43. The fourth-order valence-electron chi connectivity index (χ4n) is 1.77. The van der Waals surface area contributed by atoms with Crippen molar-refractivity contribution in [3.8, 4) is 0 Å². The minimum absolute atomic E-state index is 0.749. The summed E-state index contributed by atoms with van der Waals surface area (Å²) in [5, 5.41) is 0. The molecule has 20 heavy (non-hydrogen) atoms. The van der Waals surface area contributed by atoms with Crippen molar-refractivity contribution in [3.63, 3.8) is 0 Å². The van der Waals surface area contributed by atoms with Crippen molar-refractivity contribution in [1.29, 1.82) is 0 Å². The minimum Gasteiger partial charge on any atom is -0.399 e. The maximum absolute atomic E-state index is 5.59. The van der Waals surface area contributed by atoms with Crippen LogP contribution in [0.4, 0.5) is 22.7 Å². The molecule has 0 aliphatic rings. The highest BCUT2D eigenvalue weighted by Crippen LogP contribution is 2.15. The van der Waals surface area contributed by atoms with Crippen molar-refractivity contribution in [1.82, 2.24) is 0 Å². The fourth-order valence-corrected chi connectivity index (χ4v) is 1.77. The summed E-state index contributed by atoms with van der Waals surface area (Å²) in [6, 6.07) is 15.1. The van der Waals surface area contributed by atoms with E-state index in [0.29, 0.717) is 0 Å². The van der Waals surface area contributed by atoms with Crippen LogP contribution in [0.5, 0.6) is 0 Å². The summed E-state index contributed by atoms with van der Waals surface area (Å²) in [5.74, 6) is 0. The molecule has 0 aliphatic heterocycles. The summed E-state index contributed by atoms with van der Waals surface area (Å²) >= 11 is 0. The van der Waals surface area contributed by atoms with Crippen LogP contribution in [0.2, 0.25) is 0 Å². The average molecular weight is 272 g/mol.